The van der Waals surface area contributed by atoms with Gasteiger partial charge in [-0.2, -0.15) is 0 Å². The molecule has 1 N–H and O–H groups in total. The molecule has 118 valence electrons. The fraction of sp³-hybridized carbons (Fsp3) is 0.667. The van der Waals surface area contributed by atoms with Crippen LogP contribution >= 0.6 is 0 Å². The van der Waals surface area contributed by atoms with Gasteiger partial charge in [-0.1, -0.05) is 26.0 Å². The molecule has 0 saturated carbocycles. The third-order valence-corrected chi connectivity index (χ3v) is 4.21. The summed E-state index contributed by atoms with van der Waals surface area (Å²) >= 11 is 0. The van der Waals surface area contributed by atoms with Gasteiger partial charge in [-0.15, -0.1) is 0 Å². The van der Waals surface area contributed by atoms with Gasteiger partial charge in [-0.3, -0.25) is 0 Å². The summed E-state index contributed by atoms with van der Waals surface area (Å²) in [4.78, 5) is 1.58. The van der Waals surface area contributed by atoms with Crippen molar-refractivity contribution in [1.82, 2.24) is 0 Å². The molecule has 1 aromatic rings. The Morgan fingerprint density at radius 2 is 1.90 bits per heavy atom. The molecule has 3 nitrogen and oxygen atoms in total. The zero-order valence-electron chi connectivity index (χ0n) is 14.1. The van der Waals surface area contributed by atoms with Gasteiger partial charge < -0.3 is 14.4 Å². The van der Waals surface area contributed by atoms with E-state index in [0.29, 0.717) is 18.1 Å². The first kappa shape index (κ1) is 16.3. The Morgan fingerprint density at radius 3 is 2.52 bits per heavy atom. The van der Waals surface area contributed by atoms with Gasteiger partial charge in [0.1, 0.15) is 44.2 Å². The minimum absolute atomic E-state index is 0.356. The molecule has 1 aromatic carbocycles. The molecular weight excluding hydrogens is 262 g/mol. The van der Waals surface area contributed by atoms with Crippen LogP contribution in [0.4, 0.5) is 0 Å². The van der Waals surface area contributed by atoms with Crippen LogP contribution in [0.25, 0.3) is 0 Å². The fourth-order valence-corrected chi connectivity index (χ4v) is 3.03. The molecule has 0 aliphatic carbocycles. The second kappa shape index (κ2) is 7.28. The van der Waals surface area contributed by atoms with Crippen molar-refractivity contribution in [3.63, 3.8) is 0 Å². The van der Waals surface area contributed by atoms with Gasteiger partial charge in [-0.05, 0) is 43.9 Å². The molecule has 3 heteroatoms. The lowest BCUT2D eigenvalue weighted by Crippen LogP contribution is -3.16. The van der Waals surface area contributed by atoms with Gasteiger partial charge >= 0.3 is 0 Å². The van der Waals surface area contributed by atoms with Gasteiger partial charge in [0, 0.05) is 0 Å². The minimum atomic E-state index is 0.356. The molecule has 1 aliphatic heterocycles. The SMILES string of the molecule is Cc1ccc(C(C)C)cc1OCC[NH+]1C[C@H](C)O[C@@H](C)C1. The lowest BCUT2D eigenvalue weighted by Gasteiger charge is -2.32. The van der Waals surface area contributed by atoms with Crippen LogP contribution in [0.15, 0.2) is 18.2 Å². The molecule has 1 aliphatic rings. The Kier molecular flexibility index (Phi) is 5.65. The topological polar surface area (TPSA) is 22.9 Å². The van der Waals surface area contributed by atoms with Gasteiger partial charge in [0.15, 0.2) is 0 Å². The van der Waals surface area contributed by atoms with Crippen LogP contribution in [0.2, 0.25) is 0 Å². The predicted octanol–water partition coefficient (Wildman–Crippen LogP) is 2.19. The number of aryl methyl sites for hydroxylation is 1. The van der Waals surface area contributed by atoms with E-state index in [1.54, 1.807) is 4.90 Å². The zero-order chi connectivity index (χ0) is 15.4. The largest absolute Gasteiger partial charge is 0.487 e. The maximum absolute atomic E-state index is 6.04. The third kappa shape index (κ3) is 4.72. The van der Waals surface area contributed by atoms with E-state index >= 15 is 0 Å². The van der Waals surface area contributed by atoms with Crippen LogP contribution in [0, 0.1) is 6.92 Å². The van der Waals surface area contributed by atoms with Crippen LogP contribution < -0.4 is 9.64 Å². The van der Waals surface area contributed by atoms with E-state index in [0.717, 1.165) is 32.0 Å². The molecule has 21 heavy (non-hydrogen) atoms. The highest BCUT2D eigenvalue weighted by atomic mass is 16.5. The second-order valence-corrected chi connectivity index (χ2v) is 6.69. The maximum Gasteiger partial charge on any atom is 0.137 e. The first-order valence-electron chi connectivity index (χ1n) is 8.18. The molecule has 0 amide bonds. The molecule has 0 bridgehead atoms. The van der Waals surface area contributed by atoms with Crippen LogP contribution in [0.1, 0.15) is 44.7 Å². The predicted molar refractivity (Wildman–Crippen MR) is 86.3 cm³/mol. The van der Waals surface area contributed by atoms with Crippen molar-refractivity contribution in [2.45, 2.75) is 52.7 Å². The van der Waals surface area contributed by atoms with Gasteiger partial charge in [0.2, 0.25) is 0 Å². The highest BCUT2D eigenvalue weighted by Gasteiger charge is 2.25. The number of ether oxygens (including phenoxy) is 2. The maximum atomic E-state index is 6.04. The summed E-state index contributed by atoms with van der Waals surface area (Å²) in [5.41, 5.74) is 2.56. The molecule has 0 spiro atoms. The van der Waals surface area contributed by atoms with Crippen LogP contribution in [-0.2, 0) is 4.74 Å². The molecule has 2 rings (SSSR count). The molecule has 1 fully saturated rings. The molecule has 0 unspecified atom stereocenters. The number of rotatable bonds is 5. The Bertz CT molecular complexity index is 449. The van der Waals surface area contributed by atoms with E-state index < -0.39 is 0 Å². The molecule has 1 saturated heterocycles. The average molecular weight is 292 g/mol. The molecule has 2 atom stereocenters. The summed E-state index contributed by atoms with van der Waals surface area (Å²) in [6.07, 6.45) is 0.713. The highest BCUT2D eigenvalue weighted by molar-refractivity contribution is 5.37. The quantitative estimate of drug-likeness (QED) is 0.899. The van der Waals surface area contributed by atoms with E-state index in [1.807, 2.05) is 0 Å². The van der Waals surface area contributed by atoms with E-state index in [1.165, 1.54) is 11.1 Å². The van der Waals surface area contributed by atoms with E-state index in [4.69, 9.17) is 9.47 Å². The van der Waals surface area contributed by atoms with E-state index in [9.17, 15) is 0 Å². The van der Waals surface area contributed by atoms with Crippen molar-refractivity contribution in [2.24, 2.45) is 0 Å². The van der Waals surface area contributed by atoms with Crippen molar-refractivity contribution in [1.29, 1.82) is 0 Å². The normalized spacial score (nSPS) is 26.1. The van der Waals surface area contributed by atoms with Crippen LogP contribution in [0.5, 0.6) is 5.75 Å². The van der Waals surface area contributed by atoms with Gasteiger partial charge in [0.05, 0.1) is 0 Å². The standard InChI is InChI=1S/C18H29NO2/c1-13(2)17-7-6-14(3)18(10-17)20-9-8-19-11-15(4)21-16(5)12-19/h6-7,10,13,15-16H,8-9,11-12H2,1-5H3/p+1/t15-,16-/m0/s1. The first-order chi connectivity index (χ1) is 9.95. The van der Waals surface area contributed by atoms with Gasteiger partial charge in [-0.25, -0.2) is 0 Å². The average Bonchev–Trinajstić information content (AvgIpc) is 2.39. The lowest BCUT2D eigenvalue weighted by molar-refractivity contribution is -0.915. The lowest BCUT2D eigenvalue weighted by atomic mass is 10.0. The summed E-state index contributed by atoms with van der Waals surface area (Å²) < 4.78 is 11.8. The summed E-state index contributed by atoms with van der Waals surface area (Å²) in [6.45, 7) is 14.9. The van der Waals surface area contributed by atoms with E-state index in [2.05, 4.69) is 52.8 Å². The smallest absolute Gasteiger partial charge is 0.137 e. The zero-order valence-corrected chi connectivity index (χ0v) is 14.1. The number of hydrogen-bond acceptors (Lipinski definition) is 2. The van der Waals surface area contributed by atoms with Crippen molar-refractivity contribution >= 4 is 0 Å². The molecular formula is C18H30NO2+. The second-order valence-electron chi connectivity index (χ2n) is 6.69. The molecule has 0 aromatic heterocycles. The number of morpholine rings is 1. The van der Waals surface area contributed by atoms with Crippen LogP contribution in [0.3, 0.4) is 0 Å². The minimum Gasteiger partial charge on any atom is -0.487 e. The Labute approximate surface area is 129 Å². The van der Waals surface area contributed by atoms with Crippen LogP contribution in [-0.4, -0.2) is 38.4 Å². The summed E-state index contributed by atoms with van der Waals surface area (Å²) in [5.74, 6) is 1.58. The number of quaternary nitrogens is 1. The third-order valence-electron chi connectivity index (χ3n) is 4.21. The number of hydrogen-bond donors (Lipinski definition) is 1. The fourth-order valence-electron chi connectivity index (χ4n) is 3.03. The Balaban J connectivity index is 1.87. The molecule has 0 radical (unpaired) electrons. The Morgan fingerprint density at radius 1 is 1.24 bits per heavy atom. The summed E-state index contributed by atoms with van der Waals surface area (Å²) in [7, 11) is 0. The van der Waals surface area contributed by atoms with Gasteiger partial charge in [0.25, 0.3) is 0 Å². The summed E-state index contributed by atoms with van der Waals surface area (Å²) in [6, 6.07) is 6.56. The monoisotopic (exact) mass is 292 g/mol. The first-order valence-corrected chi connectivity index (χ1v) is 8.18. The van der Waals surface area contributed by atoms with Crippen molar-refractivity contribution in [3.05, 3.63) is 29.3 Å². The summed E-state index contributed by atoms with van der Waals surface area (Å²) in [5, 5.41) is 0. The Hall–Kier alpha value is -1.06. The molecule has 1 heterocycles. The van der Waals surface area contributed by atoms with Crippen molar-refractivity contribution < 1.29 is 14.4 Å². The number of nitrogens with one attached hydrogen (secondary N) is 1. The van der Waals surface area contributed by atoms with E-state index in [-0.39, 0.29) is 0 Å². The number of benzene rings is 1. The van der Waals surface area contributed by atoms with Crippen molar-refractivity contribution in [3.8, 4) is 5.75 Å². The highest BCUT2D eigenvalue weighted by Crippen LogP contribution is 2.24. The van der Waals surface area contributed by atoms with Crippen molar-refractivity contribution in [2.75, 3.05) is 26.2 Å².